The van der Waals surface area contributed by atoms with Crippen LogP contribution in [0, 0.1) is 5.92 Å². The number of likely N-dealkylation sites (tertiary alicyclic amines) is 1. The van der Waals surface area contributed by atoms with Crippen molar-refractivity contribution in [2.75, 3.05) is 29.9 Å². The van der Waals surface area contributed by atoms with Gasteiger partial charge < -0.3 is 15.1 Å². The first-order valence-electron chi connectivity index (χ1n) is 10.1. The van der Waals surface area contributed by atoms with Crippen molar-refractivity contribution in [2.45, 2.75) is 58.4 Å². The smallest absolute Gasteiger partial charge is 0.313 e. The quantitative estimate of drug-likeness (QED) is 0.840. The molecule has 2 aliphatic heterocycles. The van der Waals surface area contributed by atoms with Gasteiger partial charge in [-0.05, 0) is 68.7 Å². The van der Waals surface area contributed by atoms with Crippen molar-refractivity contribution in [1.82, 2.24) is 4.90 Å². The third-order valence-electron chi connectivity index (χ3n) is 5.83. The summed E-state index contributed by atoms with van der Waals surface area (Å²) in [5.74, 6) is -0.118. The Hall–Kier alpha value is -2.04. The summed E-state index contributed by atoms with van der Waals surface area (Å²) < 4.78 is 0. The average Bonchev–Trinajstić information content (AvgIpc) is 2.68. The van der Waals surface area contributed by atoms with Crippen molar-refractivity contribution < 1.29 is 9.59 Å². The number of benzene rings is 1. The number of rotatable bonds is 3. The fourth-order valence-electron chi connectivity index (χ4n) is 4.03. The second-order valence-corrected chi connectivity index (χ2v) is 7.73. The van der Waals surface area contributed by atoms with Gasteiger partial charge in [-0.3, -0.25) is 9.59 Å². The predicted octanol–water partition coefficient (Wildman–Crippen LogP) is 3.65. The summed E-state index contributed by atoms with van der Waals surface area (Å²) in [4.78, 5) is 29.0. The van der Waals surface area contributed by atoms with Gasteiger partial charge in [-0.2, -0.15) is 0 Å². The Morgan fingerprint density at radius 1 is 1.04 bits per heavy atom. The number of nitrogens with one attached hydrogen (secondary N) is 1. The molecule has 0 bridgehead atoms. The lowest BCUT2D eigenvalue weighted by Gasteiger charge is -2.34. The Morgan fingerprint density at radius 2 is 1.73 bits per heavy atom. The molecule has 2 amide bonds. The first-order valence-corrected chi connectivity index (χ1v) is 10.1. The second-order valence-electron chi connectivity index (χ2n) is 7.73. The lowest BCUT2D eigenvalue weighted by Crippen LogP contribution is -2.48. The van der Waals surface area contributed by atoms with Gasteiger partial charge in [0.25, 0.3) is 0 Å². The Balaban J connectivity index is 1.58. The molecule has 0 aliphatic carbocycles. The first-order chi connectivity index (χ1) is 12.6. The SMILES string of the molecule is CCC1CCCCN1C(=O)C(=O)Nc1ccc(N2CCC(C)CC2)cc1. The summed E-state index contributed by atoms with van der Waals surface area (Å²) in [6.45, 7) is 7.24. The third-order valence-corrected chi connectivity index (χ3v) is 5.83. The van der Waals surface area contributed by atoms with Crippen LogP contribution < -0.4 is 10.2 Å². The number of hydrogen-bond acceptors (Lipinski definition) is 3. The summed E-state index contributed by atoms with van der Waals surface area (Å²) in [5.41, 5.74) is 1.87. The lowest BCUT2D eigenvalue weighted by atomic mass is 9.99. The van der Waals surface area contributed by atoms with E-state index in [2.05, 4.69) is 24.1 Å². The van der Waals surface area contributed by atoms with E-state index in [1.54, 1.807) is 4.90 Å². The molecular formula is C21H31N3O2. The molecule has 3 rings (SSSR count). The summed E-state index contributed by atoms with van der Waals surface area (Å²) in [7, 11) is 0. The Kier molecular flexibility index (Phi) is 6.17. The Bertz CT molecular complexity index is 621. The zero-order valence-electron chi connectivity index (χ0n) is 16.0. The zero-order chi connectivity index (χ0) is 18.5. The van der Waals surface area contributed by atoms with Gasteiger partial charge in [-0.25, -0.2) is 0 Å². The van der Waals surface area contributed by atoms with Crippen molar-refractivity contribution in [3.05, 3.63) is 24.3 Å². The van der Waals surface area contributed by atoms with Crippen LogP contribution in [0.1, 0.15) is 52.4 Å². The number of carbonyl (C=O) groups excluding carboxylic acids is 2. The summed E-state index contributed by atoms with van der Waals surface area (Å²) in [5, 5.41) is 2.77. The van der Waals surface area contributed by atoms with Gasteiger partial charge in [0.1, 0.15) is 0 Å². The summed E-state index contributed by atoms with van der Waals surface area (Å²) in [6.07, 6.45) is 6.48. The van der Waals surface area contributed by atoms with Crippen molar-refractivity contribution in [1.29, 1.82) is 0 Å². The molecule has 0 saturated carbocycles. The van der Waals surface area contributed by atoms with E-state index < -0.39 is 11.8 Å². The van der Waals surface area contributed by atoms with E-state index in [-0.39, 0.29) is 6.04 Å². The van der Waals surface area contributed by atoms with Gasteiger partial charge >= 0.3 is 11.8 Å². The molecule has 1 aromatic rings. The number of anilines is 2. The van der Waals surface area contributed by atoms with Crippen LogP contribution in [-0.4, -0.2) is 42.4 Å². The molecular weight excluding hydrogens is 326 g/mol. The molecule has 1 N–H and O–H groups in total. The molecule has 5 heteroatoms. The highest BCUT2D eigenvalue weighted by molar-refractivity contribution is 6.39. The molecule has 2 heterocycles. The highest BCUT2D eigenvalue weighted by Gasteiger charge is 2.29. The lowest BCUT2D eigenvalue weighted by molar-refractivity contribution is -0.145. The minimum Gasteiger partial charge on any atom is -0.372 e. The first kappa shape index (κ1) is 18.7. The topological polar surface area (TPSA) is 52.7 Å². The van der Waals surface area contributed by atoms with Crippen LogP contribution in [-0.2, 0) is 9.59 Å². The minimum absolute atomic E-state index is 0.200. The maximum Gasteiger partial charge on any atom is 0.313 e. The summed E-state index contributed by atoms with van der Waals surface area (Å²) in [6, 6.07) is 8.06. The number of piperidine rings is 2. The van der Waals surface area contributed by atoms with Gasteiger partial charge in [0, 0.05) is 37.1 Å². The van der Waals surface area contributed by atoms with E-state index in [0.29, 0.717) is 12.2 Å². The molecule has 0 radical (unpaired) electrons. The van der Waals surface area contributed by atoms with Gasteiger partial charge in [0.2, 0.25) is 0 Å². The van der Waals surface area contributed by atoms with Crippen LogP contribution in [0.2, 0.25) is 0 Å². The molecule has 2 aliphatic rings. The zero-order valence-corrected chi connectivity index (χ0v) is 16.0. The highest BCUT2D eigenvalue weighted by Crippen LogP contribution is 2.24. The van der Waals surface area contributed by atoms with Crippen LogP contribution in [0.3, 0.4) is 0 Å². The van der Waals surface area contributed by atoms with Crippen LogP contribution in [0.15, 0.2) is 24.3 Å². The third kappa shape index (κ3) is 4.37. The van der Waals surface area contributed by atoms with Gasteiger partial charge in [-0.1, -0.05) is 13.8 Å². The van der Waals surface area contributed by atoms with E-state index in [9.17, 15) is 9.59 Å². The molecule has 1 aromatic carbocycles. The highest BCUT2D eigenvalue weighted by atomic mass is 16.2. The van der Waals surface area contributed by atoms with E-state index in [4.69, 9.17) is 0 Å². The fraction of sp³-hybridized carbons (Fsp3) is 0.619. The molecule has 26 heavy (non-hydrogen) atoms. The molecule has 0 spiro atoms. The van der Waals surface area contributed by atoms with Crippen LogP contribution in [0.25, 0.3) is 0 Å². The normalized spacial score (nSPS) is 21.5. The molecule has 2 fully saturated rings. The summed E-state index contributed by atoms with van der Waals surface area (Å²) >= 11 is 0. The maximum absolute atomic E-state index is 12.5. The molecule has 1 unspecified atom stereocenters. The Labute approximate surface area is 156 Å². The monoisotopic (exact) mass is 357 g/mol. The van der Waals surface area contributed by atoms with Crippen molar-refractivity contribution >= 4 is 23.2 Å². The van der Waals surface area contributed by atoms with Crippen LogP contribution in [0.4, 0.5) is 11.4 Å². The van der Waals surface area contributed by atoms with Crippen LogP contribution >= 0.6 is 0 Å². The van der Waals surface area contributed by atoms with Gasteiger partial charge in [0.15, 0.2) is 0 Å². The van der Waals surface area contributed by atoms with Gasteiger partial charge in [0.05, 0.1) is 0 Å². The number of amides is 2. The molecule has 2 saturated heterocycles. The minimum atomic E-state index is -0.523. The van der Waals surface area contributed by atoms with E-state index in [1.807, 2.05) is 24.3 Å². The van der Waals surface area contributed by atoms with Crippen molar-refractivity contribution in [3.63, 3.8) is 0 Å². The van der Waals surface area contributed by atoms with Crippen molar-refractivity contribution in [3.8, 4) is 0 Å². The van der Waals surface area contributed by atoms with E-state index in [1.165, 1.54) is 18.5 Å². The molecule has 1 atom stereocenters. The van der Waals surface area contributed by atoms with E-state index >= 15 is 0 Å². The van der Waals surface area contributed by atoms with E-state index in [0.717, 1.165) is 44.7 Å². The maximum atomic E-state index is 12.5. The average molecular weight is 357 g/mol. The molecule has 5 nitrogen and oxygen atoms in total. The Morgan fingerprint density at radius 3 is 2.38 bits per heavy atom. The standard InChI is InChI=1S/C21H31N3O2/c1-3-18-6-4-5-13-24(18)21(26)20(25)22-17-7-9-19(10-8-17)23-14-11-16(2)12-15-23/h7-10,16,18H,3-6,11-15H2,1-2H3,(H,22,25). The second kappa shape index (κ2) is 8.56. The largest absolute Gasteiger partial charge is 0.372 e. The van der Waals surface area contributed by atoms with Gasteiger partial charge in [-0.15, -0.1) is 0 Å². The predicted molar refractivity (Wildman–Crippen MR) is 105 cm³/mol. The fourth-order valence-corrected chi connectivity index (χ4v) is 4.03. The molecule has 0 aromatic heterocycles. The van der Waals surface area contributed by atoms with Crippen molar-refractivity contribution in [2.24, 2.45) is 5.92 Å². The van der Waals surface area contributed by atoms with Crippen LogP contribution in [0.5, 0.6) is 0 Å². The molecule has 142 valence electrons. The number of carbonyl (C=O) groups is 2. The number of hydrogen-bond donors (Lipinski definition) is 1. The number of nitrogens with zero attached hydrogens (tertiary/aromatic N) is 2.